The van der Waals surface area contributed by atoms with Gasteiger partial charge in [0, 0.05) is 73.5 Å². The average molecular weight is 485 g/mol. The maximum absolute atomic E-state index is 14.4. The van der Waals surface area contributed by atoms with Crippen LogP contribution >= 0.6 is 11.6 Å². The van der Waals surface area contributed by atoms with Crippen LogP contribution in [-0.4, -0.2) is 45.3 Å². The molecule has 34 heavy (non-hydrogen) atoms. The molecule has 0 saturated heterocycles. The number of carbonyl (C=O) groups excluding carboxylic acids is 1. The number of hydrogen-bond donors (Lipinski definition) is 2. The zero-order valence-corrected chi connectivity index (χ0v) is 20.0. The summed E-state index contributed by atoms with van der Waals surface area (Å²) in [5.41, 5.74) is 10.8. The fourth-order valence-corrected chi connectivity index (χ4v) is 4.07. The molecule has 3 N–H and O–H groups in total. The van der Waals surface area contributed by atoms with Crippen LogP contribution in [0.25, 0.3) is 16.8 Å². The Morgan fingerprint density at radius 3 is 2.82 bits per heavy atom. The summed E-state index contributed by atoms with van der Waals surface area (Å²) in [6, 6.07) is 6.56. The molecular formula is C24H26ClFN6O2. The van der Waals surface area contributed by atoms with Crippen molar-refractivity contribution in [1.29, 1.82) is 0 Å². The number of rotatable bonds is 8. The molecular weight excluding hydrogens is 459 g/mol. The number of nitrogens with one attached hydrogen (secondary N) is 1. The van der Waals surface area contributed by atoms with E-state index in [9.17, 15) is 9.18 Å². The lowest BCUT2D eigenvalue weighted by molar-refractivity contribution is 0.0956. The van der Waals surface area contributed by atoms with Gasteiger partial charge in [0.25, 0.3) is 5.91 Å². The molecule has 0 bridgehead atoms. The molecule has 0 fully saturated rings. The Labute approximate surface area is 201 Å². The van der Waals surface area contributed by atoms with E-state index < -0.39 is 5.82 Å². The van der Waals surface area contributed by atoms with Gasteiger partial charge in [-0.2, -0.15) is 5.10 Å². The molecule has 3 heterocycles. The topological polar surface area (TPSA) is 99.5 Å². The second kappa shape index (κ2) is 9.82. The first kappa shape index (κ1) is 23.7. The van der Waals surface area contributed by atoms with Gasteiger partial charge in [0.2, 0.25) is 0 Å². The molecule has 4 aromatic rings. The van der Waals surface area contributed by atoms with Crippen LogP contribution in [0.1, 0.15) is 27.4 Å². The maximum Gasteiger partial charge on any atom is 0.271 e. The van der Waals surface area contributed by atoms with Gasteiger partial charge in [-0.25, -0.2) is 9.37 Å². The molecule has 1 amide bonds. The Morgan fingerprint density at radius 2 is 2.09 bits per heavy atom. The molecule has 0 aliphatic rings. The van der Waals surface area contributed by atoms with Crippen LogP contribution in [0.15, 0.2) is 36.7 Å². The largest absolute Gasteiger partial charge is 0.493 e. The second-order valence-electron chi connectivity index (χ2n) is 7.91. The van der Waals surface area contributed by atoms with Gasteiger partial charge < -0.3 is 20.2 Å². The first-order chi connectivity index (χ1) is 16.3. The summed E-state index contributed by atoms with van der Waals surface area (Å²) in [4.78, 5) is 16.6. The molecule has 3 aromatic heterocycles. The molecule has 178 valence electrons. The van der Waals surface area contributed by atoms with Crippen molar-refractivity contribution in [3.8, 4) is 16.9 Å². The molecule has 0 radical (unpaired) electrons. The quantitative estimate of drug-likeness (QED) is 0.399. The number of pyridine rings is 1. The lowest BCUT2D eigenvalue weighted by Crippen LogP contribution is -2.20. The van der Waals surface area contributed by atoms with Crippen LogP contribution in [0.5, 0.6) is 5.75 Å². The van der Waals surface area contributed by atoms with Crippen molar-refractivity contribution in [2.45, 2.75) is 19.8 Å². The van der Waals surface area contributed by atoms with Crippen molar-refractivity contribution in [1.82, 2.24) is 24.5 Å². The van der Waals surface area contributed by atoms with Gasteiger partial charge in [0.1, 0.15) is 17.2 Å². The van der Waals surface area contributed by atoms with Crippen LogP contribution in [0, 0.1) is 12.7 Å². The van der Waals surface area contributed by atoms with Crippen LogP contribution < -0.4 is 15.8 Å². The number of carbonyl (C=O) groups is 1. The third-order valence-corrected chi connectivity index (χ3v) is 6.12. The van der Waals surface area contributed by atoms with E-state index in [1.165, 1.54) is 12.1 Å². The highest BCUT2D eigenvalue weighted by atomic mass is 35.5. The number of hydrogen-bond acceptors (Lipinski definition) is 5. The first-order valence-electron chi connectivity index (χ1n) is 10.9. The predicted molar refractivity (Wildman–Crippen MR) is 129 cm³/mol. The first-order valence-corrected chi connectivity index (χ1v) is 11.2. The van der Waals surface area contributed by atoms with Crippen LogP contribution in [0.4, 0.5) is 4.39 Å². The minimum Gasteiger partial charge on any atom is -0.493 e. The van der Waals surface area contributed by atoms with E-state index in [4.69, 9.17) is 22.1 Å². The van der Waals surface area contributed by atoms with Crippen molar-refractivity contribution < 1.29 is 13.9 Å². The number of fused-ring (bicyclic) bond motifs is 1. The number of ether oxygens (including phenoxy) is 1. The zero-order valence-electron chi connectivity index (χ0n) is 19.2. The number of amides is 1. The van der Waals surface area contributed by atoms with E-state index in [0.717, 1.165) is 28.2 Å². The van der Waals surface area contributed by atoms with Gasteiger partial charge in [-0.15, -0.1) is 0 Å². The summed E-state index contributed by atoms with van der Waals surface area (Å²) >= 11 is 6.08. The summed E-state index contributed by atoms with van der Waals surface area (Å²) in [5.74, 6) is -0.359. The fourth-order valence-electron chi connectivity index (χ4n) is 3.91. The normalized spacial score (nSPS) is 11.2. The molecule has 10 heteroatoms. The minimum absolute atomic E-state index is 0.0325. The monoisotopic (exact) mass is 484 g/mol. The number of halogens is 2. The molecule has 1 aromatic carbocycles. The lowest BCUT2D eigenvalue weighted by atomic mass is 10.1. The van der Waals surface area contributed by atoms with E-state index in [1.807, 2.05) is 29.7 Å². The van der Waals surface area contributed by atoms with Crippen molar-refractivity contribution in [3.63, 3.8) is 0 Å². The highest BCUT2D eigenvalue weighted by Gasteiger charge is 2.19. The predicted octanol–water partition coefficient (Wildman–Crippen LogP) is 3.32. The molecule has 0 aliphatic carbocycles. The average Bonchev–Trinajstić information content (AvgIpc) is 3.36. The van der Waals surface area contributed by atoms with E-state index in [0.29, 0.717) is 36.4 Å². The number of imidazole rings is 1. The summed E-state index contributed by atoms with van der Waals surface area (Å²) in [6.07, 6.45) is 4.78. The standard InChI is InChI=1S/C24H26ClFN6O2/c1-14-17(23(24(33)28-2)30-31(14)3)7-9-34-21-11-19(25)20(26)10-18(21)15-4-5-22-29-12-16(6-8-27)32(22)13-15/h4-5,10-13H,6-9,27H2,1-3H3,(H,28,33). The maximum atomic E-state index is 14.4. The molecule has 0 unspecified atom stereocenters. The SMILES string of the molecule is CNC(=O)c1nn(C)c(C)c1CCOc1cc(Cl)c(F)cc1-c1ccc2ncc(CCN)n2c1. The van der Waals surface area contributed by atoms with Crippen molar-refractivity contribution in [3.05, 3.63) is 70.1 Å². The van der Waals surface area contributed by atoms with Gasteiger partial charge >= 0.3 is 0 Å². The summed E-state index contributed by atoms with van der Waals surface area (Å²) in [7, 11) is 3.35. The zero-order chi connectivity index (χ0) is 24.4. The molecule has 0 spiro atoms. The molecule has 8 nitrogen and oxygen atoms in total. The van der Waals surface area contributed by atoms with E-state index in [2.05, 4.69) is 15.4 Å². The van der Waals surface area contributed by atoms with E-state index >= 15 is 0 Å². The van der Waals surface area contributed by atoms with Crippen molar-refractivity contribution in [2.24, 2.45) is 12.8 Å². The third-order valence-electron chi connectivity index (χ3n) is 5.83. The second-order valence-corrected chi connectivity index (χ2v) is 8.32. The van der Waals surface area contributed by atoms with Gasteiger partial charge in [0.05, 0.1) is 11.6 Å². The fraction of sp³-hybridized carbons (Fsp3) is 0.292. The smallest absolute Gasteiger partial charge is 0.271 e. The summed E-state index contributed by atoms with van der Waals surface area (Å²) in [6.45, 7) is 2.64. The van der Waals surface area contributed by atoms with E-state index in [-0.39, 0.29) is 17.5 Å². The lowest BCUT2D eigenvalue weighted by Gasteiger charge is -2.14. The number of aromatic nitrogens is 4. The van der Waals surface area contributed by atoms with Crippen molar-refractivity contribution in [2.75, 3.05) is 20.2 Å². The molecule has 0 aliphatic heterocycles. The van der Waals surface area contributed by atoms with Crippen molar-refractivity contribution >= 4 is 23.2 Å². The summed E-state index contributed by atoms with van der Waals surface area (Å²) in [5, 5.41) is 6.88. The van der Waals surface area contributed by atoms with Gasteiger partial charge in [-0.3, -0.25) is 9.48 Å². The van der Waals surface area contributed by atoms with E-state index in [1.54, 1.807) is 25.0 Å². The van der Waals surface area contributed by atoms with Gasteiger partial charge in [-0.05, 0) is 31.7 Å². The minimum atomic E-state index is -0.540. The highest BCUT2D eigenvalue weighted by molar-refractivity contribution is 6.31. The highest BCUT2D eigenvalue weighted by Crippen LogP contribution is 2.35. The molecule has 0 saturated carbocycles. The number of nitrogens with zero attached hydrogens (tertiary/aromatic N) is 4. The Morgan fingerprint density at radius 1 is 1.29 bits per heavy atom. The van der Waals surface area contributed by atoms with Crippen LogP contribution in [-0.2, 0) is 19.9 Å². The van der Waals surface area contributed by atoms with Crippen LogP contribution in [0.2, 0.25) is 5.02 Å². The molecule has 4 rings (SSSR count). The Hall–Kier alpha value is -3.43. The molecule has 0 atom stereocenters. The number of nitrogens with two attached hydrogens (primary N) is 1. The Kier molecular flexibility index (Phi) is 6.85. The third kappa shape index (κ3) is 4.49. The number of aryl methyl sites for hydroxylation is 1. The Bertz CT molecular complexity index is 1360. The summed E-state index contributed by atoms with van der Waals surface area (Å²) < 4.78 is 24.1. The number of benzene rings is 1. The van der Waals surface area contributed by atoms with Crippen LogP contribution in [0.3, 0.4) is 0 Å². The van der Waals surface area contributed by atoms with Gasteiger partial charge in [0.15, 0.2) is 5.69 Å². The Balaban J connectivity index is 1.65. The van der Waals surface area contributed by atoms with Gasteiger partial charge in [-0.1, -0.05) is 11.6 Å².